The van der Waals surface area contributed by atoms with Gasteiger partial charge in [-0.3, -0.25) is 38.7 Å². The summed E-state index contributed by atoms with van der Waals surface area (Å²) in [6.45, 7) is 15.0. The van der Waals surface area contributed by atoms with Crippen LogP contribution in [0.3, 0.4) is 0 Å². The van der Waals surface area contributed by atoms with Crippen LogP contribution < -0.4 is 40.9 Å². The van der Waals surface area contributed by atoms with Gasteiger partial charge in [-0.15, -0.1) is 0 Å². The van der Waals surface area contributed by atoms with Gasteiger partial charge in [-0.2, -0.15) is 49.7 Å². The van der Waals surface area contributed by atoms with Crippen molar-refractivity contribution in [2.75, 3.05) is 141 Å². The fraction of sp³-hybridized carbons (Fsp3) is 0.305. The number of alkyl halides is 9. The van der Waals surface area contributed by atoms with E-state index < -0.39 is 53.3 Å². The second-order valence-corrected chi connectivity index (χ2v) is 28.2. The van der Waals surface area contributed by atoms with Gasteiger partial charge in [-0.25, -0.2) is 15.0 Å². The number of nitrogens with one attached hydrogen (secondary N) is 4. The molecule has 33 heteroatoms. The van der Waals surface area contributed by atoms with E-state index in [0.29, 0.717) is 208 Å². The Bertz CT molecular complexity index is 5420. The number of hydrogen-bond donors (Lipinski definition) is 4. The van der Waals surface area contributed by atoms with Crippen LogP contribution in [0.4, 0.5) is 79.8 Å². The van der Waals surface area contributed by atoms with Crippen LogP contribution in [0.5, 0.6) is 0 Å². The van der Waals surface area contributed by atoms with Gasteiger partial charge in [-0.05, 0) is 186 Å². The van der Waals surface area contributed by atoms with Crippen LogP contribution in [-0.2, 0) is 52.2 Å². The highest BCUT2D eigenvalue weighted by Crippen LogP contribution is 2.41. The molecule has 4 N–H and O–H groups in total. The van der Waals surface area contributed by atoms with Crippen molar-refractivity contribution >= 4 is 58.1 Å². The van der Waals surface area contributed by atoms with E-state index in [9.17, 15) is 53.9 Å². The van der Waals surface area contributed by atoms with Gasteiger partial charge in [0.15, 0.2) is 0 Å². The van der Waals surface area contributed by atoms with Gasteiger partial charge in [0.2, 0.25) is 0 Å². The van der Waals surface area contributed by atoms with E-state index >= 15 is 0 Å². The van der Waals surface area contributed by atoms with Crippen LogP contribution in [0.25, 0.3) is 55.9 Å². The molecule has 8 aromatic heterocycles. The van der Waals surface area contributed by atoms with Gasteiger partial charge in [0.1, 0.15) is 40.4 Å². The molecular weight excluding hydrogens is 1500 g/mol. The molecule has 3 aromatic carbocycles. The summed E-state index contributed by atoms with van der Waals surface area (Å²) in [6, 6.07) is 33.3. The van der Waals surface area contributed by atoms with E-state index in [1.165, 1.54) is 18.2 Å². The number of halogens is 9. The highest BCUT2D eigenvalue weighted by atomic mass is 19.4. The molecule has 3 amide bonds. The molecule has 0 radical (unpaired) electrons. The average molecular weight is 1580 g/mol. The molecule has 0 atom stereocenters. The van der Waals surface area contributed by atoms with Gasteiger partial charge in [0.05, 0.1) is 69.5 Å². The summed E-state index contributed by atoms with van der Waals surface area (Å²) in [4.78, 5) is 76.1. The zero-order valence-electron chi connectivity index (χ0n) is 62.6. The topological polar surface area (TPSA) is 253 Å². The number of amides is 3. The Hall–Kier alpha value is -12.2. The van der Waals surface area contributed by atoms with Crippen molar-refractivity contribution in [2.24, 2.45) is 0 Å². The third-order valence-corrected chi connectivity index (χ3v) is 20.5. The first-order valence-electron chi connectivity index (χ1n) is 37.3. The molecule has 4 fully saturated rings. The molecule has 12 heterocycles. The summed E-state index contributed by atoms with van der Waals surface area (Å²) < 4.78 is 146. The highest BCUT2D eigenvalue weighted by Gasteiger charge is 2.36. The molecular formula is C82H77F9N18O6. The third kappa shape index (κ3) is 18.1. The minimum absolute atomic E-state index is 0.174. The Balaban J connectivity index is 0.787. The Morgan fingerprint density at radius 3 is 1.35 bits per heavy atom. The monoisotopic (exact) mass is 1580 g/mol. The lowest BCUT2D eigenvalue weighted by atomic mass is 9.95. The summed E-state index contributed by atoms with van der Waals surface area (Å²) in [6.07, 6.45) is -7.67. The maximum Gasteiger partial charge on any atom is 0.433 e. The quantitative estimate of drug-likeness (QED) is 0.0517. The molecule has 4 aliphatic heterocycles. The van der Waals surface area contributed by atoms with Crippen LogP contribution in [0.2, 0.25) is 0 Å². The first kappa shape index (κ1) is 78.1. The smallest absolute Gasteiger partial charge is 0.378 e. The Kier molecular flexibility index (Phi) is 22.5. The van der Waals surface area contributed by atoms with Gasteiger partial charge in [0.25, 0.3) is 17.7 Å². The molecule has 115 heavy (non-hydrogen) atoms. The summed E-state index contributed by atoms with van der Waals surface area (Å²) in [5, 5.41) is 21.9. The lowest BCUT2D eigenvalue weighted by molar-refractivity contribution is -0.142. The first-order valence-corrected chi connectivity index (χ1v) is 37.3. The van der Waals surface area contributed by atoms with Crippen LogP contribution in [0, 0.1) is 20.8 Å². The lowest BCUT2D eigenvalue weighted by Gasteiger charge is -2.32. The molecule has 0 unspecified atom stereocenters. The van der Waals surface area contributed by atoms with Crippen molar-refractivity contribution in [3.05, 3.63) is 220 Å². The van der Waals surface area contributed by atoms with E-state index in [1.807, 2.05) is 80.2 Å². The number of rotatable bonds is 20. The number of benzene rings is 3. The molecule has 0 bridgehead atoms. The summed E-state index contributed by atoms with van der Waals surface area (Å²) in [5.74, 6) is 0.328. The van der Waals surface area contributed by atoms with E-state index in [-0.39, 0.29) is 28.9 Å². The predicted molar refractivity (Wildman–Crippen MR) is 414 cm³/mol. The number of morpholine rings is 3. The second kappa shape index (κ2) is 33.1. The van der Waals surface area contributed by atoms with Crippen LogP contribution in [0.15, 0.2) is 158 Å². The number of carbonyl (C=O) groups is 3. The van der Waals surface area contributed by atoms with Crippen molar-refractivity contribution in [3.8, 4) is 55.9 Å². The number of pyridine rings is 6. The maximum absolute atomic E-state index is 14.1. The molecule has 15 rings (SSSR count). The summed E-state index contributed by atoms with van der Waals surface area (Å²) in [7, 11) is 0. The molecule has 24 nitrogen and oxygen atoms in total. The Morgan fingerprint density at radius 1 is 0.452 bits per heavy atom. The van der Waals surface area contributed by atoms with Crippen LogP contribution in [0.1, 0.15) is 76.2 Å². The normalized spacial score (nSPS) is 15.1. The molecule has 4 aliphatic rings. The Labute approximate surface area is 653 Å². The third-order valence-electron chi connectivity index (χ3n) is 20.5. The maximum atomic E-state index is 14.1. The number of hydrogen-bond acceptors (Lipinski definition) is 19. The molecule has 0 aliphatic carbocycles. The first-order chi connectivity index (χ1) is 55.3. The van der Waals surface area contributed by atoms with Crippen molar-refractivity contribution in [1.82, 2.24) is 54.8 Å². The number of ether oxygens (including phenoxy) is 3. The van der Waals surface area contributed by atoms with Crippen LogP contribution >= 0.6 is 0 Å². The van der Waals surface area contributed by atoms with Crippen molar-refractivity contribution < 1.29 is 68.1 Å². The number of nitrogens with zero attached hydrogens (tertiary/aromatic N) is 14. The molecule has 594 valence electrons. The predicted octanol–water partition coefficient (Wildman–Crippen LogP) is 13.7. The standard InChI is InChI=1S/C82H77F9N18O6/c1-49-4-7-61(97-77(110)53-10-14-93-69(36-53)80(83,84)85)43-64(49)57-34-67(100-72(39-57)105-22-28-113-29-23-105)60-46-96-108(47-60)19-13-52-5-8-62(98-78(111)54-11-15-94-70(37-54)81(86,87)88)44-65(52)58-35-68(101-73(40-58)106-24-30-114-31-25-106)76-50(2)103-109(51(76)3)48-56-6-9-63(99-79(112)55-12-16-95-71(38-55)82(89,90)91)45-66(56)59-41-74(104-20-17-92-18-21-104)102-75(42-59)107-26-32-115-33-27-107/h4-12,14-16,34-47,92H,13,17-33,48H2,1-3H3,(H,97,110)(H,98,111)(H,99,112). The minimum Gasteiger partial charge on any atom is -0.378 e. The van der Waals surface area contributed by atoms with E-state index in [2.05, 4.69) is 55.8 Å². The Morgan fingerprint density at radius 2 is 0.861 bits per heavy atom. The zero-order valence-corrected chi connectivity index (χ0v) is 62.6. The van der Waals surface area contributed by atoms with E-state index in [1.54, 1.807) is 53.3 Å². The van der Waals surface area contributed by atoms with Gasteiger partial charge >= 0.3 is 18.5 Å². The molecule has 0 spiro atoms. The van der Waals surface area contributed by atoms with Crippen molar-refractivity contribution in [1.29, 1.82) is 0 Å². The number of aromatic nitrogens is 10. The lowest BCUT2D eigenvalue weighted by Crippen LogP contribution is -2.44. The van der Waals surface area contributed by atoms with Crippen molar-refractivity contribution in [2.45, 2.75) is 58.8 Å². The molecule has 11 aromatic rings. The largest absolute Gasteiger partial charge is 0.433 e. The minimum atomic E-state index is -4.82. The van der Waals surface area contributed by atoms with Gasteiger partial charge < -0.3 is 55.1 Å². The number of carbonyl (C=O) groups excluding carboxylic acids is 3. The second-order valence-electron chi connectivity index (χ2n) is 28.2. The average Bonchev–Trinajstić information content (AvgIpc) is 1.67. The van der Waals surface area contributed by atoms with Gasteiger partial charge in [0, 0.05) is 147 Å². The fourth-order valence-corrected chi connectivity index (χ4v) is 14.4. The fourth-order valence-electron chi connectivity index (χ4n) is 14.4. The zero-order chi connectivity index (χ0) is 80.3. The number of aryl methyl sites for hydroxylation is 4. The molecule has 0 saturated carbocycles. The van der Waals surface area contributed by atoms with Crippen LogP contribution in [-0.4, -0.2) is 172 Å². The molecule has 4 saturated heterocycles. The SMILES string of the molecule is Cc1ccc(NC(=O)c2ccnc(C(F)(F)F)c2)cc1-c1cc(-c2cnn(CCc3ccc(NC(=O)c4ccnc(C(F)(F)F)c4)cc3-c3cc(-c4c(C)nn(Cc5ccc(NC(=O)c6ccnc(C(F)(F)F)c6)cc5-c5cc(N6CCNCC6)nc(N6CCOCC6)c5)c4C)nc(N4CCOCC4)c3)c2)nc(N2CCOCC2)c1. The number of piperazine rings is 1. The van der Waals surface area contributed by atoms with E-state index in [4.69, 9.17) is 39.4 Å². The van der Waals surface area contributed by atoms with Crippen molar-refractivity contribution in [3.63, 3.8) is 0 Å². The highest BCUT2D eigenvalue weighted by molar-refractivity contribution is 6.06. The number of anilines is 7. The van der Waals surface area contributed by atoms with Gasteiger partial charge in [-0.1, -0.05) is 18.2 Å². The van der Waals surface area contributed by atoms with E-state index in [0.717, 1.165) is 65.3 Å². The summed E-state index contributed by atoms with van der Waals surface area (Å²) in [5.41, 5.74) is 6.84. The summed E-state index contributed by atoms with van der Waals surface area (Å²) >= 11 is 0.